The summed E-state index contributed by atoms with van der Waals surface area (Å²) in [6, 6.07) is 28.7. The molecule has 2 aromatic heterocycles. The lowest BCUT2D eigenvalue weighted by Gasteiger charge is -2.34. The Morgan fingerprint density at radius 2 is 1.73 bits per heavy atom. The van der Waals surface area contributed by atoms with Gasteiger partial charge in [-0.1, -0.05) is 42.5 Å². The normalized spacial score (nSPS) is 15.0. The molecule has 1 aliphatic rings. The number of rotatable bonds is 11. The molecule has 1 N–H and O–H groups in total. The number of aromatic nitrogens is 2. The average Bonchev–Trinajstić information content (AvgIpc) is 3.62. The summed E-state index contributed by atoms with van der Waals surface area (Å²) in [6.07, 6.45) is 2.90. The zero-order valence-electron chi connectivity index (χ0n) is 25.5. The third-order valence-electron chi connectivity index (χ3n) is 8.68. The predicted octanol–water partition coefficient (Wildman–Crippen LogP) is 6.95. The number of fused-ring (bicyclic) bond motifs is 1. The van der Waals surface area contributed by atoms with E-state index in [1.54, 1.807) is 4.90 Å². The van der Waals surface area contributed by atoms with Crippen LogP contribution in [0.4, 0.5) is 10.3 Å². The van der Waals surface area contributed by atoms with E-state index in [-0.39, 0.29) is 17.6 Å². The number of carbonyl (C=O) groups is 1. The molecule has 5 aromatic rings. The van der Waals surface area contributed by atoms with Crippen LogP contribution in [0.3, 0.4) is 0 Å². The maximum Gasteiger partial charge on any atom is 0.253 e. The van der Waals surface area contributed by atoms with Crippen molar-refractivity contribution in [1.29, 1.82) is 0 Å². The minimum absolute atomic E-state index is 0.00203. The SMILES string of the molecule is Cc1ccc(Cn2c(NC3CCN(CCC(CN(C)C(=O)c4ccccc4)c4ccc(F)cc4)CC3)nc3ccccc32)o1. The molecule has 6 rings (SSSR count). The van der Waals surface area contributed by atoms with Gasteiger partial charge in [-0.2, -0.15) is 0 Å². The summed E-state index contributed by atoms with van der Waals surface area (Å²) < 4.78 is 21.8. The van der Waals surface area contributed by atoms with Gasteiger partial charge < -0.3 is 24.1 Å². The number of nitrogens with zero attached hydrogens (tertiary/aromatic N) is 4. The number of carbonyl (C=O) groups excluding carboxylic acids is 1. The average molecular weight is 594 g/mol. The Hall–Kier alpha value is -4.43. The Bertz CT molecular complexity index is 1670. The van der Waals surface area contributed by atoms with E-state index in [0.29, 0.717) is 24.7 Å². The van der Waals surface area contributed by atoms with Crippen LogP contribution in [-0.4, -0.2) is 64.5 Å². The van der Waals surface area contributed by atoms with Crippen molar-refractivity contribution in [3.63, 3.8) is 0 Å². The number of aryl methyl sites for hydroxylation is 1. The van der Waals surface area contributed by atoms with Gasteiger partial charge in [-0.3, -0.25) is 4.79 Å². The van der Waals surface area contributed by atoms with Crippen LogP contribution in [0, 0.1) is 12.7 Å². The number of imidazole rings is 1. The Labute approximate surface area is 258 Å². The van der Waals surface area contributed by atoms with Crippen LogP contribution < -0.4 is 5.32 Å². The Morgan fingerprint density at radius 1 is 1.00 bits per heavy atom. The number of hydrogen-bond acceptors (Lipinski definition) is 5. The van der Waals surface area contributed by atoms with Crippen molar-refractivity contribution >= 4 is 22.9 Å². The van der Waals surface area contributed by atoms with Crippen LogP contribution in [0.15, 0.2) is 95.4 Å². The van der Waals surface area contributed by atoms with Crippen molar-refractivity contribution in [3.8, 4) is 0 Å². The third-order valence-corrected chi connectivity index (χ3v) is 8.68. The van der Waals surface area contributed by atoms with E-state index in [2.05, 4.69) is 26.9 Å². The van der Waals surface area contributed by atoms with E-state index in [9.17, 15) is 9.18 Å². The van der Waals surface area contributed by atoms with Gasteiger partial charge in [0.15, 0.2) is 0 Å². The van der Waals surface area contributed by atoms with E-state index in [1.165, 1.54) is 12.1 Å². The summed E-state index contributed by atoms with van der Waals surface area (Å²) in [7, 11) is 1.85. The summed E-state index contributed by atoms with van der Waals surface area (Å²) in [4.78, 5) is 22.3. The quantitative estimate of drug-likeness (QED) is 0.180. The summed E-state index contributed by atoms with van der Waals surface area (Å²) in [5.74, 6) is 2.55. The molecule has 0 aliphatic carbocycles. The van der Waals surface area contributed by atoms with Gasteiger partial charge in [0, 0.05) is 44.2 Å². The summed E-state index contributed by atoms with van der Waals surface area (Å²) in [6.45, 7) is 6.03. The van der Waals surface area contributed by atoms with Gasteiger partial charge >= 0.3 is 0 Å². The number of nitrogens with one attached hydrogen (secondary N) is 1. The first kappa shape index (κ1) is 29.6. The molecule has 1 saturated heterocycles. The second-order valence-corrected chi connectivity index (χ2v) is 11.9. The Morgan fingerprint density at radius 3 is 2.45 bits per heavy atom. The monoisotopic (exact) mass is 593 g/mol. The van der Waals surface area contributed by atoms with Crippen molar-refractivity contribution in [1.82, 2.24) is 19.4 Å². The van der Waals surface area contributed by atoms with Gasteiger partial charge in [-0.05, 0) is 86.8 Å². The molecule has 0 spiro atoms. The summed E-state index contributed by atoms with van der Waals surface area (Å²) >= 11 is 0. The summed E-state index contributed by atoms with van der Waals surface area (Å²) in [5, 5.41) is 3.74. The Balaban J connectivity index is 1.08. The molecule has 0 bridgehead atoms. The maximum absolute atomic E-state index is 13.7. The van der Waals surface area contributed by atoms with Crippen LogP contribution in [0.5, 0.6) is 0 Å². The molecule has 44 heavy (non-hydrogen) atoms. The Kier molecular flexibility index (Phi) is 9.07. The zero-order valence-corrected chi connectivity index (χ0v) is 25.5. The molecule has 7 nitrogen and oxygen atoms in total. The second kappa shape index (κ2) is 13.5. The molecule has 0 radical (unpaired) electrons. The topological polar surface area (TPSA) is 66.5 Å². The number of para-hydroxylation sites is 2. The molecule has 1 amide bonds. The number of amides is 1. The molecular formula is C36H40FN5O2. The smallest absolute Gasteiger partial charge is 0.253 e. The lowest BCUT2D eigenvalue weighted by molar-refractivity contribution is 0.0782. The summed E-state index contributed by atoms with van der Waals surface area (Å²) in [5.41, 5.74) is 3.79. The van der Waals surface area contributed by atoms with E-state index < -0.39 is 0 Å². The first-order chi connectivity index (χ1) is 21.4. The number of piperidine rings is 1. The van der Waals surface area contributed by atoms with Crippen molar-refractivity contribution in [2.75, 3.05) is 38.5 Å². The van der Waals surface area contributed by atoms with E-state index in [0.717, 1.165) is 73.0 Å². The van der Waals surface area contributed by atoms with Crippen molar-refractivity contribution in [2.45, 2.75) is 44.7 Å². The van der Waals surface area contributed by atoms with Gasteiger partial charge in [0.25, 0.3) is 5.91 Å². The number of hydrogen-bond donors (Lipinski definition) is 1. The predicted molar refractivity (Wildman–Crippen MR) is 173 cm³/mol. The van der Waals surface area contributed by atoms with Crippen molar-refractivity contribution < 1.29 is 13.6 Å². The molecular weight excluding hydrogens is 553 g/mol. The van der Waals surface area contributed by atoms with Crippen LogP contribution in [0.2, 0.25) is 0 Å². The van der Waals surface area contributed by atoms with Crippen LogP contribution in [-0.2, 0) is 6.54 Å². The van der Waals surface area contributed by atoms with Crippen LogP contribution >= 0.6 is 0 Å². The molecule has 8 heteroatoms. The van der Waals surface area contributed by atoms with Crippen molar-refractivity contribution in [3.05, 3.63) is 119 Å². The molecule has 228 valence electrons. The first-order valence-corrected chi connectivity index (χ1v) is 15.5. The number of anilines is 1. The molecule has 0 saturated carbocycles. The number of benzene rings is 3. The minimum Gasteiger partial charge on any atom is -0.464 e. The highest BCUT2D eigenvalue weighted by Crippen LogP contribution is 2.26. The lowest BCUT2D eigenvalue weighted by Crippen LogP contribution is -2.40. The highest BCUT2D eigenvalue weighted by atomic mass is 19.1. The molecule has 3 heterocycles. The van der Waals surface area contributed by atoms with E-state index in [1.807, 2.05) is 80.7 Å². The van der Waals surface area contributed by atoms with Gasteiger partial charge in [0.1, 0.15) is 17.3 Å². The molecule has 1 fully saturated rings. The van der Waals surface area contributed by atoms with Gasteiger partial charge in [0.05, 0.1) is 17.6 Å². The largest absolute Gasteiger partial charge is 0.464 e. The minimum atomic E-state index is -0.247. The number of furan rings is 1. The number of likely N-dealkylation sites (tertiary alicyclic amines) is 1. The molecule has 1 aliphatic heterocycles. The molecule has 3 aromatic carbocycles. The molecule has 1 atom stereocenters. The third kappa shape index (κ3) is 7.03. The zero-order chi connectivity index (χ0) is 30.5. The standard InChI is InChI=1S/C36H40FN5O2/c1-26-12-17-32(44-26)25-42-34-11-7-6-10-33(34)39-36(42)38-31-19-22-41(23-20-31)21-18-29(27-13-15-30(37)16-14-27)24-40(2)35(43)28-8-4-3-5-9-28/h3-17,29,31H,18-25H2,1-2H3,(H,38,39). The highest BCUT2D eigenvalue weighted by Gasteiger charge is 2.24. The fraction of sp³-hybridized carbons (Fsp3) is 0.333. The molecule has 1 unspecified atom stereocenters. The maximum atomic E-state index is 13.7. The van der Waals surface area contributed by atoms with Crippen LogP contribution in [0.1, 0.15) is 52.6 Å². The van der Waals surface area contributed by atoms with Gasteiger partial charge in [0.2, 0.25) is 5.95 Å². The van der Waals surface area contributed by atoms with E-state index in [4.69, 9.17) is 9.40 Å². The van der Waals surface area contributed by atoms with Crippen LogP contribution in [0.25, 0.3) is 11.0 Å². The van der Waals surface area contributed by atoms with Gasteiger partial charge in [-0.25, -0.2) is 9.37 Å². The highest BCUT2D eigenvalue weighted by molar-refractivity contribution is 5.94. The number of likely N-dealkylation sites (N-methyl/N-ethyl adjacent to an activating group) is 1. The first-order valence-electron chi connectivity index (χ1n) is 15.5. The fourth-order valence-corrected chi connectivity index (χ4v) is 6.21. The van der Waals surface area contributed by atoms with Gasteiger partial charge in [-0.15, -0.1) is 0 Å². The fourth-order valence-electron chi connectivity index (χ4n) is 6.21. The van der Waals surface area contributed by atoms with Crippen molar-refractivity contribution in [2.24, 2.45) is 0 Å². The number of halogens is 1. The van der Waals surface area contributed by atoms with E-state index >= 15 is 0 Å². The second-order valence-electron chi connectivity index (χ2n) is 11.9. The lowest BCUT2D eigenvalue weighted by atomic mass is 9.94.